The van der Waals surface area contributed by atoms with Crippen molar-refractivity contribution in [3.05, 3.63) is 29.8 Å². The Balaban J connectivity index is 2.10. The second-order valence-corrected chi connectivity index (χ2v) is 4.16. The summed E-state index contributed by atoms with van der Waals surface area (Å²) >= 11 is 0. The van der Waals surface area contributed by atoms with E-state index in [9.17, 15) is 13.6 Å². The van der Waals surface area contributed by atoms with Crippen LogP contribution in [0, 0.1) is 0 Å². The molecule has 0 atom stereocenters. The monoisotopic (exact) mass is 271 g/mol. The first-order valence-corrected chi connectivity index (χ1v) is 6.05. The fourth-order valence-electron chi connectivity index (χ4n) is 1.94. The third kappa shape index (κ3) is 3.89. The molecule has 1 fully saturated rings. The maximum atomic E-state index is 12.3. The highest BCUT2D eigenvalue weighted by atomic mass is 19.3. The molecule has 0 radical (unpaired) electrons. The second-order valence-electron chi connectivity index (χ2n) is 4.16. The normalized spacial score (nSPS) is 16.6. The van der Waals surface area contributed by atoms with E-state index in [-0.39, 0.29) is 18.2 Å². The number of benzene rings is 1. The molecule has 0 aromatic heterocycles. The van der Waals surface area contributed by atoms with Crippen LogP contribution in [0.2, 0.25) is 0 Å². The lowest BCUT2D eigenvalue weighted by Crippen LogP contribution is -2.31. The van der Waals surface area contributed by atoms with Gasteiger partial charge in [-0.05, 0) is 6.07 Å². The molecule has 0 unspecified atom stereocenters. The molecule has 0 N–H and O–H groups in total. The van der Waals surface area contributed by atoms with E-state index in [0.29, 0.717) is 31.7 Å². The van der Waals surface area contributed by atoms with E-state index >= 15 is 0 Å². The highest BCUT2D eigenvalue weighted by Crippen LogP contribution is 2.22. The molecule has 19 heavy (non-hydrogen) atoms. The van der Waals surface area contributed by atoms with Crippen LogP contribution in [-0.2, 0) is 16.1 Å². The number of alkyl halides is 2. The zero-order valence-corrected chi connectivity index (χ0v) is 10.4. The average molecular weight is 271 g/mol. The van der Waals surface area contributed by atoms with Gasteiger partial charge >= 0.3 is 6.61 Å². The minimum Gasteiger partial charge on any atom is -0.434 e. The Morgan fingerprint density at radius 1 is 1.32 bits per heavy atom. The summed E-state index contributed by atoms with van der Waals surface area (Å²) in [5.74, 6) is 0.0693. The van der Waals surface area contributed by atoms with Gasteiger partial charge in [0.25, 0.3) is 0 Å². The molecular weight excluding hydrogens is 256 g/mol. The maximum Gasteiger partial charge on any atom is 0.387 e. The molecule has 1 aromatic carbocycles. The fraction of sp³-hybridized carbons (Fsp3) is 0.462. The Morgan fingerprint density at radius 2 is 2.11 bits per heavy atom. The number of halogens is 2. The quantitative estimate of drug-likeness (QED) is 0.841. The van der Waals surface area contributed by atoms with Crippen LogP contribution >= 0.6 is 0 Å². The minimum atomic E-state index is -2.87. The topological polar surface area (TPSA) is 38.8 Å². The van der Waals surface area contributed by atoms with E-state index in [1.165, 1.54) is 6.07 Å². The SMILES string of the molecule is O=C1CCOCCN1Cc1ccccc1OC(F)F. The van der Waals surface area contributed by atoms with Gasteiger partial charge in [-0.15, -0.1) is 0 Å². The molecule has 2 rings (SSSR count). The van der Waals surface area contributed by atoms with Crippen LogP contribution in [0.25, 0.3) is 0 Å². The molecule has 1 heterocycles. The van der Waals surface area contributed by atoms with E-state index < -0.39 is 6.61 Å². The van der Waals surface area contributed by atoms with Gasteiger partial charge in [-0.1, -0.05) is 18.2 Å². The maximum absolute atomic E-state index is 12.3. The molecule has 4 nitrogen and oxygen atoms in total. The van der Waals surface area contributed by atoms with Gasteiger partial charge in [-0.2, -0.15) is 8.78 Å². The zero-order chi connectivity index (χ0) is 13.7. The molecular formula is C13H15F2NO3. The van der Waals surface area contributed by atoms with Crippen molar-refractivity contribution in [1.82, 2.24) is 4.90 Å². The number of amides is 1. The fourth-order valence-corrected chi connectivity index (χ4v) is 1.94. The van der Waals surface area contributed by atoms with Gasteiger partial charge in [0.1, 0.15) is 5.75 Å². The molecule has 1 amide bonds. The number of hydrogen-bond acceptors (Lipinski definition) is 3. The summed E-state index contributed by atoms with van der Waals surface area (Å²) < 4.78 is 34.3. The van der Waals surface area contributed by atoms with E-state index in [2.05, 4.69) is 4.74 Å². The van der Waals surface area contributed by atoms with Gasteiger partial charge in [0.05, 0.1) is 19.6 Å². The van der Waals surface area contributed by atoms with Gasteiger partial charge in [0.15, 0.2) is 0 Å². The first-order chi connectivity index (χ1) is 9.16. The lowest BCUT2D eigenvalue weighted by atomic mass is 10.2. The molecule has 1 saturated heterocycles. The van der Waals surface area contributed by atoms with Crippen molar-refractivity contribution >= 4 is 5.91 Å². The van der Waals surface area contributed by atoms with Crippen molar-refractivity contribution in [3.8, 4) is 5.75 Å². The minimum absolute atomic E-state index is 0.0376. The highest BCUT2D eigenvalue weighted by molar-refractivity contribution is 5.76. The standard InChI is InChI=1S/C13H15F2NO3/c14-13(15)19-11-4-2-1-3-10(11)9-16-6-8-18-7-5-12(16)17/h1-4,13H,5-9H2. The number of rotatable bonds is 4. The molecule has 1 aliphatic heterocycles. The van der Waals surface area contributed by atoms with E-state index in [1.807, 2.05) is 0 Å². The molecule has 0 aliphatic carbocycles. The summed E-state index contributed by atoms with van der Waals surface area (Å²) in [4.78, 5) is 13.4. The largest absolute Gasteiger partial charge is 0.434 e. The van der Waals surface area contributed by atoms with Crippen LogP contribution in [0.3, 0.4) is 0 Å². The average Bonchev–Trinajstić information content (AvgIpc) is 2.57. The third-order valence-corrected chi connectivity index (χ3v) is 2.87. The van der Waals surface area contributed by atoms with Crippen molar-refractivity contribution in [2.45, 2.75) is 19.6 Å². The molecule has 0 spiro atoms. The van der Waals surface area contributed by atoms with Crippen molar-refractivity contribution in [2.75, 3.05) is 19.8 Å². The summed E-state index contributed by atoms with van der Waals surface area (Å²) in [5, 5.41) is 0. The first-order valence-electron chi connectivity index (χ1n) is 6.05. The molecule has 6 heteroatoms. The van der Waals surface area contributed by atoms with Gasteiger partial charge in [0, 0.05) is 18.7 Å². The molecule has 0 saturated carbocycles. The second kappa shape index (κ2) is 6.47. The Kier molecular flexibility index (Phi) is 4.68. The van der Waals surface area contributed by atoms with Gasteiger partial charge in [0.2, 0.25) is 5.91 Å². The summed E-state index contributed by atoms with van der Waals surface area (Å²) in [6.45, 7) is -1.29. The number of para-hydroxylation sites is 1. The Morgan fingerprint density at radius 3 is 2.89 bits per heavy atom. The number of carbonyl (C=O) groups is 1. The van der Waals surface area contributed by atoms with Crippen molar-refractivity contribution in [3.63, 3.8) is 0 Å². The first kappa shape index (κ1) is 13.7. The smallest absolute Gasteiger partial charge is 0.387 e. The number of carbonyl (C=O) groups excluding carboxylic acids is 1. The Labute approximate surface area is 109 Å². The summed E-state index contributed by atoms with van der Waals surface area (Å²) in [5.41, 5.74) is 0.568. The molecule has 1 aromatic rings. The van der Waals surface area contributed by atoms with Crippen LogP contribution in [0.4, 0.5) is 8.78 Å². The molecule has 0 bridgehead atoms. The van der Waals surface area contributed by atoms with Crippen molar-refractivity contribution in [1.29, 1.82) is 0 Å². The predicted molar refractivity (Wildman–Crippen MR) is 63.9 cm³/mol. The number of nitrogens with zero attached hydrogens (tertiary/aromatic N) is 1. The van der Waals surface area contributed by atoms with Gasteiger partial charge < -0.3 is 14.4 Å². The summed E-state index contributed by atoms with van der Waals surface area (Å²) in [6.07, 6.45) is 0.317. The van der Waals surface area contributed by atoms with E-state index in [1.54, 1.807) is 23.1 Å². The van der Waals surface area contributed by atoms with Crippen molar-refractivity contribution in [2.24, 2.45) is 0 Å². The van der Waals surface area contributed by atoms with E-state index in [0.717, 1.165) is 0 Å². The van der Waals surface area contributed by atoms with Crippen LogP contribution in [0.5, 0.6) is 5.75 Å². The van der Waals surface area contributed by atoms with Crippen LogP contribution in [-0.4, -0.2) is 37.2 Å². The van der Waals surface area contributed by atoms with E-state index in [4.69, 9.17) is 4.74 Å². The summed E-state index contributed by atoms with van der Waals surface area (Å²) in [7, 11) is 0. The van der Waals surface area contributed by atoms with Crippen LogP contribution in [0.15, 0.2) is 24.3 Å². The zero-order valence-electron chi connectivity index (χ0n) is 10.4. The summed E-state index contributed by atoms with van der Waals surface area (Å²) in [6, 6.07) is 6.50. The van der Waals surface area contributed by atoms with Crippen molar-refractivity contribution < 1.29 is 23.0 Å². The highest BCUT2D eigenvalue weighted by Gasteiger charge is 2.19. The Hall–Kier alpha value is -1.69. The third-order valence-electron chi connectivity index (χ3n) is 2.87. The molecule has 104 valence electrons. The van der Waals surface area contributed by atoms with Gasteiger partial charge in [-0.25, -0.2) is 0 Å². The van der Waals surface area contributed by atoms with Crippen LogP contribution < -0.4 is 4.74 Å². The van der Waals surface area contributed by atoms with Gasteiger partial charge in [-0.3, -0.25) is 4.79 Å². The molecule has 1 aliphatic rings. The van der Waals surface area contributed by atoms with Crippen LogP contribution in [0.1, 0.15) is 12.0 Å². The Bertz CT molecular complexity index is 440. The lowest BCUT2D eigenvalue weighted by Gasteiger charge is -2.21. The number of hydrogen-bond donors (Lipinski definition) is 0. The predicted octanol–water partition coefficient (Wildman–Crippen LogP) is 2.04. The number of ether oxygens (including phenoxy) is 2. The lowest BCUT2D eigenvalue weighted by molar-refractivity contribution is -0.131.